The molecule has 0 aromatic carbocycles. The van der Waals surface area contributed by atoms with E-state index >= 15 is 0 Å². The number of aromatic nitrogens is 4. The molecule has 11 heteroatoms. The molecule has 0 unspecified atom stereocenters. The molecule has 0 fully saturated rings. The van der Waals surface area contributed by atoms with E-state index in [0.29, 0.717) is 12.2 Å². The van der Waals surface area contributed by atoms with Crippen molar-refractivity contribution in [3.8, 4) is 0 Å². The minimum atomic E-state index is -0.762. The average molecular weight is 383 g/mol. The number of ether oxygens (including phenoxy) is 1. The fourth-order valence-corrected chi connectivity index (χ4v) is 3.01. The highest BCUT2D eigenvalue weighted by Crippen LogP contribution is 2.06. The van der Waals surface area contributed by atoms with Gasteiger partial charge < -0.3 is 14.6 Å². The van der Waals surface area contributed by atoms with Gasteiger partial charge in [-0.2, -0.15) is 11.8 Å². The highest BCUT2D eigenvalue weighted by molar-refractivity contribution is 7.98. The molecule has 0 aliphatic heterocycles. The van der Waals surface area contributed by atoms with E-state index in [9.17, 15) is 19.2 Å². The second-order valence-corrected chi connectivity index (χ2v) is 6.66. The molecule has 0 aliphatic carbocycles. The highest BCUT2D eigenvalue weighted by atomic mass is 32.2. The number of carbonyl (C=O) groups excluding carboxylic acids is 2. The largest absolute Gasteiger partial charge is 0.467 e. The minimum Gasteiger partial charge on any atom is -0.467 e. The molecule has 26 heavy (non-hydrogen) atoms. The monoisotopic (exact) mass is 383 g/mol. The van der Waals surface area contributed by atoms with Crippen LogP contribution in [0.25, 0.3) is 11.2 Å². The molecule has 2 heterocycles. The number of methoxy groups -OCH3 is 1. The van der Waals surface area contributed by atoms with Gasteiger partial charge >= 0.3 is 11.7 Å². The summed E-state index contributed by atoms with van der Waals surface area (Å²) >= 11 is 1.55. The van der Waals surface area contributed by atoms with Gasteiger partial charge in [0, 0.05) is 14.1 Å². The molecule has 0 saturated heterocycles. The fourth-order valence-electron chi connectivity index (χ4n) is 2.54. The number of thioether (sulfide) groups is 1. The predicted molar refractivity (Wildman–Crippen MR) is 97.2 cm³/mol. The van der Waals surface area contributed by atoms with E-state index < -0.39 is 29.2 Å². The lowest BCUT2D eigenvalue weighted by atomic mass is 10.2. The molecule has 1 N–H and O–H groups in total. The van der Waals surface area contributed by atoms with Crippen LogP contribution in [0, 0.1) is 0 Å². The van der Waals surface area contributed by atoms with Gasteiger partial charge in [0.2, 0.25) is 5.91 Å². The molecule has 142 valence electrons. The molecule has 2 aromatic heterocycles. The Morgan fingerprint density at radius 2 is 2.00 bits per heavy atom. The van der Waals surface area contributed by atoms with Gasteiger partial charge in [-0.15, -0.1) is 0 Å². The second kappa shape index (κ2) is 8.21. The zero-order valence-electron chi connectivity index (χ0n) is 15.0. The average Bonchev–Trinajstić information content (AvgIpc) is 3.04. The molecular formula is C15H21N5O5S. The van der Waals surface area contributed by atoms with Gasteiger partial charge in [-0.3, -0.25) is 18.7 Å². The van der Waals surface area contributed by atoms with Crippen molar-refractivity contribution >= 4 is 34.8 Å². The number of nitrogens with zero attached hydrogens (tertiary/aromatic N) is 4. The second-order valence-electron chi connectivity index (χ2n) is 5.68. The Bertz CT molecular complexity index is 944. The Hall–Kier alpha value is -2.56. The zero-order valence-corrected chi connectivity index (χ0v) is 15.8. The first-order chi connectivity index (χ1) is 12.3. The number of esters is 1. The standard InChI is InChI=1S/C15H21N5O5S/c1-18-12-11(13(22)19(2)15(18)24)20(8-16-12)7-10(21)17-9(5-6-26-4)14(23)25-3/h8-9H,5-7H2,1-4H3,(H,17,21)/t9-/m0/s1. The molecule has 0 saturated carbocycles. The van der Waals surface area contributed by atoms with E-state index in [-0.39, 0.29) is 17.7 Å². The van der Waals surface area contributed by atoms with Crippen LogP contribution in [-0.4, -0.2) is 55.7 Å². The maximum absolute atomic E-state index is 12.4. The first kappa shape index (κ1) is 19.8. The SMILES string of the molecule is COC(=O)[C@H](CCSC)NC(=O)Cn1cnc2c1c(=O)n(C)c(=O)n2C. The third-order valence-corrected chi connectivity index (χ3v) is 4.61. The summed E-state index contributed by atoms with van der Waals surface area (Å²) in [6.07, 6.45) is 3.65. The van der Waals surface area contributed by atoms with E-state index in [1.165, 1.54) is 36.7 Å². The number of imidazole rings is 1. The highest BCUT2D eigenvalue weighted by Gasteiger charge is 2.22. The Labute approximate surface area is 153 Å². The van der Waals surface area contributed by atoms with Gasteiger partial charge in [-0.25, -0.2) is 14.6 Å². The van der Waals surface area contributed by atoms with Gasteiger partial charge in [0.05, 0.1) is 13.4 Å². The molecular weight excluding hydrogens is 362 g/mol. The van der Waals surface area contributed by atoms with Gasteiger partial charge in [0.15, 0.2) is 11.2 Å². The lowest BCUT2D eigenvalue weighted by Crippen LogP contribution is -2.43. The summed E-state index contributed by atoms with van der Waals surface area (Å²) in [5, 5.41) is 2.61. The van der Waals surface area contributed by atoms with E-state index in [2.05, 4.69) is 10.3 Å². The van der Waals surface area contributed by atoms with E-state index in [1.807, 2.05) is 6.26 Å². The number of carbonyl (C=O) groups is 2. The summed E-state index contributed by atoms with van der Waals surface area (Å²) in [4.78, 5) is 52.5. The quantitative estimate of drug-likeness (QED) is 0.600. The predicted octanol–water partition coefficient (Wildman–Crippen LogP) is -1.16. The van der Waals surface area contributed by atoms with Crippen molar-refractivity contribution in [3.63, 3.8) is 0 Å². The number of fused-ring (bicyclic) bond motifs is 1. The van der Waals surface area contributed by atoms with Gasteiger partial charge in [-0.1, -0.05) is 0 Å². The van der Waals surface area contributed by atoms with E-state index in [4.69, 9.17) is 4.74 Å². The molecule has 0 spiro atoms. The van der Waals surface area contributed by atoms with Crippen molar-refractivity contribution in [2.75, 3.05) is 19.1 Å². The third-order valence-electron chi connectivity index (χ3n) is 3.96. The summed E-state index contributed by atoms with van der Waals surface area (Å²) in [6, 6.07) is -0.762. The number of amides is 1. The van der Waals surface area contributed by atoms with Crippen LogP contribution in [0.15, 0.2) is 15.9 Å². The fraction of sp³-hybridized carbons (Fsp3) is 0.533. The summed E-state index contributed by atoms with van der Waals surface area (Å²) in [7, 11) is 4.11. The minimum absolute atomic E-state index is 0.142. The van der Waals surface area contributed by atoms with Crippen LogP contribution < -0.4 is 16.6 Å². The Morgan fingerprint density at radius 1 is 1.31 bits per heavy atom. The van der Waals surface area contributed by atoms with Crippen LogP contribution >= 0.6 is 11.8 Å². The van der Waals surface area contributed by atoms with Crippen molar-refractivity contribution in [1.82, 2.24) is 24.0 Å². The zero-order chi connectivity index (χ0) is 19.4. The van der Waals surface area contributed by atoms with Crippen molar-refractivity contribution in [3.05, 3.63) is 27.2 Å². The van der Waals surface area contributed by atoms with Crippen molar-refractivity contribution in [2.45, 2.75) is 19.0 Å². The first-order valence-electron chi connectivity index (χ1n) is 7.78. The summed E-state index contributed by atoms with van der Waals surface area (Å²) in [5.41, 5.74) is -0.707. The number of hydrogen-bond acceptors (Lipinski definition) is 7. The summed E-state index contributed by atoms with van der Waals surface area (Å²) in [5.74, 6) is -0.311. The summed E-state index contributed by atoms with van der Waals surface area (Å²) in [6.45, 7) is -0.212. The van der Waals surface area contributed by atoms with Crippen LogP contribution in [0.2, 0.25) is 0 Å². The Morgan fingerprint density at radius 3 is 2.62 bits per heavy atom. The molecule has 0 bridgehead atoms. The van der Waals surface area contributed by atoms with Crippen LogP contribution in [0.4, 0.5) is 0 Å². The van der Waals surface area contributed by atoms with Crippen molar-refractivity contribution < 1.29 is 14.3 Å². The van der Waals surface area contributed by atoms with Crippen LogP contribution in [0.3, 0.4) is 0 Å². The third kappa shape index (κ3) is 3.82. The molecule has 0 radical (unpaired) electrons. The molecule has 1 atom stereocenters. The topological polar surface area (TPSA) is 117 Å². The van der Waals surface area contributed by atoms with Gasteiger partial charge in [-0.05, 0) is 18.4 Å². The first-order valence-corrected chi connectivity index (χ1v) is 9.18. The Kier molecular flexibility index (Phi) is 6.24. The van der Waals surface area contributed by atoms with Crippen molar-refractivity contribution in [1.29, 1.82) is 0 Å². The Balaban J connectivity index is 2.28. The number of nitrogens with one attached hydrogen (secondary N) is 1. The normalized spacial score (nSPS) is 12.2. The van der Waals surface area contributed by atoms with Crippen LogP contribution in [0.5, 0.6) is 0 Å². The van der Waals surface area contributed by atoms with Crippen molar-refractivity contribution in [2.24, 2.45) is 14.1 Å². The molecule has 10 nitrogen and oxygen atoms in total. The maximum atomic E-state index is 12.4. The maximum Gasteiger partial charge on any atom is 0.332 e. The van der Waals surface area contributed by atoms with E-state index in [0.717, 1.165) is 4.57 Å². The van der Waals surface area contributed by atoms with Crippen LogP contribution in [-0.2, 0) is 35.0 Å². The lowest BCUT2D eigenvalue weighted by Gasteiger charge is -2.16. The molecule has 2 aromatic rings. The smallest absolute Gasteiger partial charge is 0.332 e. The molecule has 0 aliphatic rings. The van der Waals surface area contributed by atoms with Gasteiger partial charge in [0.25, 0.3) is 5.56 Å². The number of aryl methyl sites for hydroxylation is 1. The van der Waals surface area contributed by atoms with E-state index in [1.54, 1.807) is 11.8 Å². The van der Waals surface area contributed by atoms with Gasteiger partial charge in [0.1, 0.15) is 12.6 Å². The number of hydrogen-bond donors (Lipinski definition) is 1. The van der Waals surface area contributed by atoms with Crippen LogP contribution in [0.1, 0.15) is 6.42 Å². The lowest BCUT2D eigenvalue weighted by molar-refractivity contribution is -0.145. The molecule has 2 rings (SSSR count). The summed E-state index contributed by atoms with van der Waals surface area (Å²) < 4.78 is 8.25. The molecule has 1 amide bonds. The number of rotatable bonds is 7.